The van der Waals surface area contributed by atoms with E-state index in [1.807, 2.05) is 0 Å². The van der Waals surface area contributed by atoms with E-state index >= 15 is 0 Å². The molecule has 13 heteroatoms. The Kier molecular flexibility index (Phi) is 6.86. The monoisotopic (exact) mass is 466 g/mol. The Balaban J connectivity index is 1.80. The molecule has 2 aromatic rings. The van der Waals surface area contributed by atoms with Gasteiger partial charge in [-0.3, -0.25) is 4.79 Å². The zero-order valence-electron chi connectivity index (χ0n) is 16.3. The minimum atomic E-state index is -5.04. The van der Waals surface area contributed by atoms with Gasteiger partial charge in [-0.1, -0.05) is 0 Å². The van der Waals surface area contributed by atoms with Crippen LogP contribution in [0.5, 0.6) is 0 Å². The van der Waals surface area contributed by atoms with E-state index in [-0.39, 0.29) is 18.5 Å². The fraction of sp³-hybridized carbons (Fsp3) is 0.421. The molecule has 0 unspecified atom stereocenters. The molecule has 0 spiro atoms. The van der Waals surface area contributed by atoms with Gasteiger partial charge in [0.1, 0.15) is 5.82 Å². The number of hydrogen-bond acceptors (Lipinski definition) is 5. The summed E-state index contributed by atoms with van der Waals surface area (Å²) in [6.07, 6.45) is -7.89. The zero-order valence-corrected chi connectivity index (χ0v) is 16.3. The van der Waals surface area contributed by atoms with E-state index in [1.165, 1.54) is 0 Å². The Hall–Kier alpha value is -2.96. The molecule has 1 aliphatic rings. The predicted octanol–water partition coefficient (Wildman–Crippen LogP) is 4.55. The molecule has 1 aliphatic heterocycles. The maximum absolute atomic E-state index is 14.0. The Morgan fingerprint density at radius 1 is 1.09 bits per heavy atom. The van der Waals surface area contributed by atoms with Crippen molar-refractivity contribution < 1.29 is 40.3 Å². The fourth-order valence-electron chi connectivity index (χ4n) is 3.02. The number of aromatic nitrogens is 2. The maximum Gasteiger partial charge on any atom is 0.434 e. The molecule has 1 saturated heterocycles. The predicted molar refractivity (Wildman–Crippen MR) is 97.6 cm³/mol. The van der Waals surface area contributed by atoms with Crippen LogP contribution in [0.15, 0.2) is 24.4 Å². The number of rotatable bonds is 5. The van der Waals surface area contributed by atoms with E-state index in [9.17, 15) is 35.5 Å². The molecule has 3 rings (SSSR count). The van der Waals surface area contributed by atoms with Crippen molar-refractivity contribution in [2.75, 3.05) is 25.1 Å². The van der Waals surface area contributed by atoms with Crippen molar-refractivity contribution in [3.05, 3.63) is 47.0 Å². The second-order valence-electron chi connectivity index (χ2n) is 7.04. The van der Waals surface area contributed by atoms with E-state index < -0.39 is 52.5 Å². The van der Waals surface area contributed by atoms with Crippen LogP contribution in [0.2, 0.25) is 0 Å². The SMILES string of the molecule is O=C(NCC1CCOCC1)c1cnc(Nc2ccc(C(F)(F)F)cc2F)nc1C(F)(F)F. The van der Waals surface area contributed by atoms with Gasteiger partial charge < -0.3 is 15.4 Å². The van der Waals surface area contributed by atoms with Gasteiger partial charge in [0.15, 0.2) is 5.69 Å². The third-order valence-corrected chi connectivity index (χ3v) is 4.74. The normalized spacial score (nSPS) is 15.5. The van der Waals surface area contributed by atoms with Gasteiger partial charge in [-0.25, -0.2) is 14.4 Å². The molecule has 1 aromatic heterocycles. The quantitative estimate of drug-likeness (QED) is 0.633. The van der Waals surface area contributed by atoms with E-state index in [2.05, 4.69) is 20.6 Å². The molecule has 0 radical (unpaired) electrons. The van der Waals surface area contributed by atoms with Gasteiger partial charge in [0.2, 0.25) is 5.95 Å². The van der Waals surface area contributed by atoms with Crippen molar-refractivity contribution in [2.45, 2.75) is 25.2 Å². The van der Waals surface area contributed by atoms with Gasteiger partial charge in [0, 0.05) is 26.0 Å². The molecule has 1 amide bonds. The first-order valence-corrected chi connectivity index (χ1v) is 9.39. The number of halogens is 7. The van der Waals surface area contributed by atoms with E-state index in [0.717, 1.165) is 0 Å². The first-order valence-electron chi connectivity index (χ1n) is 9.39. The minimum absolute atomic E-state index is 0.0616. The lowest BCUT2D eigenvalue weighted by Crippen LogP contribution is -2.33. The Morgan fingerprint density at radius 3 is 2.38 bits per heavy atom. The molecule has 2 heterocycles. The van der Waals surface area contributed by atoms with Gasteiger partial charge in [0.05, 0.1) is 16.8 Å². The molecule has 1 fully saturated rings. The highest BCUT2D eigenvalue weighted by molar-refractivity contribution is 5.95. The minimum Gasteiger partial charge on any atom is -0.381 e. The fourth-order valence-corrected chi connectivity index (χ4v) is 3.02. The molecule has 32 heavy (non-hydrogen) atoms. The molecule has 1 aromatic carbocycles. The summed E-state index contributed by atoms with van der Waals surface area (Å²) >= 11 is 0. The molecular formula is C19H17F7N4O2. The first-order chi connectivity index (χ1) is 14.9. The van der Waals surface area contributed by atoms with Crippen LogP contribution in [-0.2, 0) is 17.1 Å². The number of anilines is 2. The van der Waals surface area contributed by atoms with Gasteiger partial charge in [-0.2, -0.15) is 26.3 Å². The van der Waals surface area contributed by atoms with Crippen LogP contribution in [0.4, 0.5) is 42.4 Å². The summed E-state index contributed by atoms with van der Waals surface area (Å²) in [7, 11) is 0. The van der Waals surface area contributed by atoms with Crippen molar-refractivity contribution in [3.8, 4) is 0 Å². The van der Waals surface area contributed by atoms with Crippen LogP contribution in [0.3, 0.4) is 0 Å². The topological polar surface area (TPSA) is 76.1 Å². The summed E-state index contributed by atoms with van der Waals surface area (Å²) in [5.41, 5.74) is -4.23. The molecular weight excluding hydrogens is 449 g/mol. The smallest absolute Gasteiger partial charge is 0.381 e. The van der Waals surface area contributed by atoms with Gasteiger partial charge >= 0.3 is 12.4 Å². The molecule has 0 atom stereocenters. The van der Waals surface area contributed by atoms with Crippen LogP contribution < -0.4 is 10.6 Å². The lowest BCUT2D eigenvalue weighted by atomic mass is 10.0. The highest BCUT2D eigenvalue weighted by atomic mass is 19.4. The number of amides is 1. The molecule has 0 saturated carbocycles. The van der Waals surface area contributed by atoms with Crippen molar-refractivity contribution in [2.24, 2.45) is 5.92 Å². The third kappa shape index (κ3) is 5.84. The Bertz CT molecular complexity index is 973. The molecule has 0 aliphatic carbocycles. The van der Waals surface area contributed by atoms with Crippen molar-refractivity contribution in [3.63, 3.8) is 0 Å². The number of benzene rings is 1. The zero-order chi connectivity index (χ0) is 23.5. The lowest BCUT2D eigenvalue weighted by Gasteiger charge is -2.22. The summed E-state index contributed by atoms with van der Waals surface area (Å²) in [4.78, 5) is 19.1. The van der Waals surface area contributed by atoms with Gasteiger partial charge in [-0.05, 0) is 37.0 Å². The number of alkyl halides is 6. The number of carbonyl (C=O) groups is 1. The van der Waals surface area contributed by atoms with Crippen LogP contribution >= 0.6 is 0 Å². The van der Waals surface area contributed by atoms with Crippen LogP contribution in [-0.4, -0.2) is 35.6 Å². The van der Waals surface area contributed by atoms with E-state index in [1.54, 1.807) is 0 Å². The second-order valence-corrected chi connectivity index (χ2v) is 7.04. The third-order valence-electron chi connectivity index (χ3n) is 4.74. The lowest BCUT2D eigenvalue weighted by molar-refractivity contribution is -0.141. The number of nitrogens with one attached hydrogen (secondary N) is 2. The van der Waals surface area contributed by atoms with Crippen molar-refractivity contribution in [1.82, 2.24) is 15.3 Å². The van der Waals surface area contributed by atoms with Gasteiger partial charge in [-0.15, -0.1) is 0 Å². The van der Waals surface area contributed by atoms with Crippen molar-refractivity contribution >= 4 is 17.5 Å². The first kappa shape index (κ1) is 23.7. The number of nitrogens with zero attached hydrogens (tertiary/aromatic N) is 2. The van der Waals surface area contributed by atoms with E-state index in [0.29, 0.717) is 44.4 Å². The Labute approximate surface area is 177 Å². The summed E-state index contributed by atoms with van der Waals surface area (Å²) in [6, 6.07) is 1.43. The second kappa shape index (κ2) is 9.27. The molecule has 174 valence electrons. The molecule has 6 nitrogen and oxygen atoms in total. The van der Waals surface area contributed by atoms with Gasteiger partial charge in [0.25, 0.3) is 5.91 Å². The van der Waals surface area contributed by atoms with Crippen LogP contribution in [0.1, 0.15) is 34.5 Å². The average Bonchev–Trinajstić information content (AvgIpc) is 2.73. The summed E-state index contributed by atoms with van der Waals surface area (Å²) in [6.45, 7) is 1.15. The van der Waals surface area contributed by atoms with Crippen molar-refractivity contribution in [1.29, 1.82) is 0 Å². The highest BCUT2D eigenvalue weighted by Gasteiger charge is 2.38. The summed E-state index contributed by atoms with van der Waals surface area (Å²) in [5, 5.41) is 4.52. The number of ether oxygens (including phenoxy) is 1. The Morgan fingerprint density at radius 2 is 1.78 bits per heavy atom. The standard InChI is InChI=1S/C19H17F7N4O2/c20-13-7-11(18(21,22)23)1-2-14(13)29-17-28-9-12(15(30-17)19(24,25)26)16(31)27-8-10-3-5-32-6-4-10/h1-2,7,9-10H,3-6,8H2,(H,27,31)(H,28,29,30). The summed E-state index contributed by atoms with van der Waals surface area (Å²) < 4.78 is 97.5. The number of carbonyl (C=O) groups excluding carboxylic acids is 1. The largest absolute Gasteiger partial charge is 0.434 e. The molecule has 2 N–H and O–H groups in total. The summed E-state index contributed by atoms with van der Waals surface area (Å²) in [5.74, 6) is -3.07. The maximum atomic E-state index is 14.0. The van der Waals surface area contributed by atoms with Crippen LogP contribution in [0.25, 0.3) is 0 Å². The highest BCUT2D eigenvalue weighted by Crippen LogP contribution is 2.33. The van der Waals surface area contributed by atoms with E-state index in [4.69, 9.17) is 4.74 Å². The molecule has 0 bridgehead atoms. The average molecular weight is 466 g/mol. The van der Waals surface area contributed by atoms with Crippen LogP contribution in [0, 0.1) is 11.7 Å². The number of hydrogen-bond donors (Lipinski definition) is 2.